The van der Waals surface area contributed by atoms with E-state index >= 15 is 0 Å². The van der Waals surface area contributed by atoms with Gasteiger partial charge in [0, 0.05) is 11.1 Å². The van der Waals surface area contributed by atoms with Crippen molar-refractivity contribution < 1.29 is 9.47 Å². The summed E-state index contributed by atoms with van der Waals surface area (Å²) in [4.78, 5) is 0. The summed E-state index contributed by atoms with van der Waals surface area (Å²) in [6.07, 6.45) is 2.36. The molecule has 1 aliphatic heterocycles. The fraction of sp³-hybridized carbons (Fsp3) is 0.600. The first kappa shape index (κ1) is 14.5. The zero-order valence-electron chi connectivity index (χ0n) is 11.8. The summed E-state index contributed by atoms with van der Waals surface area (Å²) in [6, 6.07) is 3.92. The third-order valence-electron chi connectivity index (χ3n) is 3.42. The molecule has 0 amide bonds. The molecule has 0 saturated carbocycles. The zero-order valence-corrected chi connectivity index (χ0v) is 12.6. The highest BCUT2D eigenvalue weighted by Gasteiger charge is 2.20. The average Bonchev–Trinajstić information content (AvgIpc) is 2.40. The summed E-state index contributed by atoms with van der Waals surface area (Å²) in [7, 11) is 1.64. The number of ether oxygens (including phenoxy) is 2. The van der Waals surface area contributed by atoms with Crippen molar-refractivity contribution in [3.63, 3.8) is 0 Å². The van der Waals surface area contributed by atoms with E-state index in [0.717, 1.165) is 36.7 Å². The Morgan fingerprint density at radius 1 is 1.21 bits per heavy atom. The topological polar surface area (TPSA) is 30.5 Å². The van der Waals surface area contributed by atoms with E-state index in [1.807, 2.05) is 19.9 Å². The number of methoxy groups -OCH3 is 1. The van der Waals surface area contributed by atoms with Crippen LogP contribution in [0.1, 0.15) is 38.2 Å². The summed E-state index contributed by atoms with van der Waals surface area (Å²) in [6.45, 7) is 6.12. The Labute approximate surface area is 120 Å². The van der Waals surface area contributed by atoms with Crippen molar-refractivity contribution in [2.75, 3.05) is 20.2 Å². The highest BCUT2D eigenvalue weighted by Crippen LogP contribution is 2.39. The van der Waals surface area contributed by atoms with E-state index in [-0.39, 0.29) is 6.10 Å². The second-order valence-electron chi connectivity index (χ2n) is 5.22. The minimum Gasteiger partial charge on any atom is -0.493 e. The molecule has 1 saturated heterocycles. The molecular formula is C15H22ClNO2. The Balaban J connectivity index is 2.31. The van der Waals surface area contributed by atoms with E-state index < -0.39 is 0 Å². The quantitative estimate of drug-likeness (QED) is 0.916. The molecule has 0 aliphatic carbocycles. The molecule has 19 heavy (non-hydrogen) atoms. The van der Waals surface area contributed by atoms with Gasteiger partial charge in [-0.25, -0.2) is 0 Å². The lowest BCUT2D eigenvalue weighted by atomic mass is 9.90. The van der Waals surface area contributed by atoms with Crippen LogP contribution in [0.2, 0.25) is 5.02 Å². The van der Waals surface area contributed by atoms with Crippen LogP contribution in [0.4, 0.5) is 0 Å². The number of piperidine rings is 1. The maximum absolute atomic E-state index is 6.39. The lowest BCUT2D eigenvalue weighted by Crippen LogP contribution is -2.26. The Bertz CT molecular complexity index is 428. The number of rotatable bonds is 4. The van der Waals surface area contributed by atoms with Crippen molar-refractivity contribution >= 4 is 11.6 Å². The Morgan fingerprint density at radius 2 is 1.89 bits per heavy atom. The minimum atomic E-state index is 0.121. The molecule has 0 radical (unpaired) electrons. The van der Waals surface area contributed by atoms with Gasteiger partial charge in [-0.05, 0) is 57.3 Å². The molecule has 1 aromatic rings. The highest BCUT2D eigenvalue weighted by atomic mass is 35.5. The van der Waals surface area contributed by atoms with Gasteiger partial charge in [0.15, 0.2) is 11.5 Å². The van der Waals surface area contributed by atoms with Crippen LogP contribution in [0, 0.1) is 0 Å². The summed E-state index contributed by atoms with van der Waals surface area (Å²) in [5.41, 5.74) is 1.18. The van der Waals surface area contributed by atoms with Gasteiger partial charge < -0.3 is 14.8 Å². The summed E-state index contributed by atoms with van der Waals surface area (Å²) in [5, 5.41) is 4.15. The number of hydrogen-bond donors (Lipinski definition) is 1. The van der Waals surface area contributed by atoms with Crippen LogP contribution >= 0.6 is 11.6 Å². The van der Waals surface area contributed by atoms with Crippen molar-refractivity contribution in [1.29, 1.82) is 0 Å². The molecule has 0 bridgehead atoms. The maximum atomic E-state index is 6.39. The van der Waals surface area contributed by atoms with E-state index in [1.54, 1.807) is 7.11 Å². The van der Waals surface area contributed by atoms with Crippen molar-refractivity contribution in [2.24, 2.45) is 0 Å². The molecule has 106 valence electrons. The van der Waals surface area contributed by atoms with E-state index in [4.69, 9.17) is 21.1 Å². The molecule has 0 spiro atoms. The monoisotopic (exact) mass is 283 g/mol. The van der Waals surface area contributed by atoms with Crippen LogP contribution in [-0.2, 0) is 0 Å². The van der Waals surface area contributed by atoms with Gasteiger partial charge in [-0.2, -0.15) is 0 Å². The SMILES string of the molecule is COc1cc(Cl)c(C2CCNCC2)cc1OC(C)C. The lowest BCUT2D eigenvalue weighted by molar-refractivity contribution is 0.229. The second-order valence-corrected chi connectivity index (χ2v) is 5.62. The van der Waals surface area contributed by atoms with Crippen molar-refractivity contribution in [1.82, 2.24) is 5.32 Å². The first-order valence-electron chi connectivity index (χ1n) is 6.86. The molecule has 1 heterocycles. The van der Waals surface area contributed by atoms with Crippen LogP contribution in [0.3, 0.4) is 0 Å². The predicted molar refractivity (Wildman–Crippen MR) is 78.6 cm³/mol. The van der Waals surface area contributed by atoms with Crippen molar-refractivity contribution in [2.45, 2.75) is 38.7 Å². The first-order valence-corrected chi connectivity index (χ1v) is 7.24. The fourth-order valence-corrected chi connectivity index (χ4v) is 2.81. The van der Waals surface area contributed by atoms with E-state index in [2.05, 4.69) is 11.4 Å². The van der Waals surface area contributed by atoms with Crippen molar-refractivity contribution in [3.05, 3.63) is 22.7 Å². The van der Waals surface area contributed by atoms with Gasteiger partial charge in [0.05, 0.1) is 13.2 Å². The maximum Gasteiger partial charge on any atom is 0.162 e. The molecule has 0 aromatic heterocycles. The molecule has 1 aromatic carbocycles. The van der Waals surface area contributed by atoms with Gasteiger partial charge in [-0.15, -0.1) is 0 Å². The molecule has 0 unspecified atom stereocenters. The molecule has 1 aliphatic rings. The molecule has 2 rings (SSSR count). The van der Waals surface area contributed by atoms with Crippen LogP contribution in [0.15, 0.2) is 12.1 Å². The van der Waals surface area contributed by atoms with E-state index in [1.165, 1.54) is 5.56 Å². The molecule has 1 N–H and O–H groups in total. The number of hydrogen-bond acceptors (Lipinski definition) is 3. The van der Waals surface area contributed by atoms with E-state index in [0.29, 0.717) is 11.7 Å². The predicted octanol–water partition coefficient (Wildman–Crippen LogP) is 3.60. The number of benzene rings is 1. The van der Waals surface area contributed by atoms with Crippen molar-refractivity contribution in [3.8, 4) is 11.5 Å². The fourth-order valence-electron chi connectivity index (χ4n) is 2.50. The Kier molecular flexibility index (Phi) is 4.94. The molecular weight excluding hydrogens is 262 g/mol. The zero-order chi connectivity index (χ0) is 13.8. The first-order chi connectivity index (χ1) is 9.11. The standard InChI is InChI=1S/C15H22ClNO2/c1-10(2)19-15-8-12(11-4-6-17-7-5-11)13(16)9-14(15)18-3/h8-11,17H,4-7H2,1-3H3. The molecule has 1 fully saturated rings. The average molecular weight is 284 g/mol. The summed E-state index contributed by atoms with van der Waals surface area (Å²) in [5.74, 6) is 2.00. The lowest BCUT2D eigenvalue weighted by Gasteiger charge is -2.25. The summed E-state index contributed by atoms with van der Waals surface area (Å²) < 4.78 is 11.2. The van der Waals surface area contributed by atoms with Gasteiger partial charge in [0.2, 0.25) is 0 Å². The van der Waals surface area contributed by atoms with Crippen LogP contribution < -0.4 is 14.8 Å². The molecule has 3 nitrogen and oxygen atoms in total. The molecule has 4 heteroatoms. The van der Waals surface area contributed by atoms with Gasteiger partial charge >= 0.3 is 0 Å². The van der Waals surface area contributed by atoms with Gasteiger partial charge in [-0.3, -0.25) is 0 Å². The minimum absolute atomic E-state index is 0.121. The smallest absolute Gasteiger partial charge is 0.162 e. The number of halogens is 1. The Morgan fingerprint density at radius 3 is 2.47 bits per heavy atom. The normalized spacial score (nSPS) is 16.7. The van der Waals surface area contributed by atoms with Crippen LogP contribution in [-0.4, -0.2) is 26.3 Å². The Hall–Kier alpha value is -0.930. The second kappa shape index (κ2) is 6.49. The van der Waals surface area contributed by atoms with E-state index in [9.17, 15) is 0 Å². The third kappa shape index (κ3) is 3.54. The van der Waals surface area contributed by atoms with Crippen LogP contribution in [0.5, 0.6) is 11.5 Å². The van der Waals surface area contributed by atoms with Crippen LogP contribution in [0.25, 0.3) is 0 Å². The van der Waals surface area contributed by atoms with Gasteiger partial charge in [-0.1, -0.05) is 11.6 Å². The summed E-state index contributed by atoms with van der Waals surface area (Å²) >= 11 is 6.39. The highest BCUT2D eigenvalue weighted by molar-refractivity contribution is 6.31. The number of nitrogens with one attached hydrogen (secondary N) is 1. The largest absolute Gasteiger partial charge is 0.493 e. The molecule has 0 atom stereocenters. The van der Waals surface area contributed by atoms with Gasteiger partial charge in [0.1, 0.15) is 0 Å². The third-order valence-corrected chi connectivity index (χ3v) is 3.75. The van der Waals surface area contributed by atoms with Gasteiger partial charge in [0.25, 0.3) is 0 Å².